The second-order valence-corrected chi connectivity index (χ2v) is 5.99. The minimum atomic E-state index is -0.210. The number of nitrogens with zero attached hydrogens (tertiary/aromatic N) is 2. The molecule has 1 saturated carbocycles. The Morgan fingerprint density at radius 2 is 1.86 bits per heavy atom. The number of halogens is 2. The van der Waals surface area contributed by atoms with E-state index in [1.165, 1.54) is 0 Å². The van der Waals surface area contributed by atoms with E-state index in [-0.39, 0.29) is 24.3 Å². The second kappa shape index (κ2) is 7.00. The lowest BCUT2D eigenvalue weighted by Gasteiger charge is -2.28. The highest BCUT2D eigenvalue weighted by atomic mass is 35.5. The Balaban J connectivity index is 2.28. The maximum Gasteiger partial charge on any atom is 0.254 e. The van der Waals surface area contributed by atoms with E-state index in [9.17, 15) is 4.79 Å². The Morgan fingerprint density at radius 3 is 2.38 bits per heavy atom. The highest BCUT2D eigenvalue weighted by molar-refractivity contribution is 6.35. The van der Waals surface area contributed by atoms with Crippen molar-refractivity contribution >= 4 is 34.9 Å². The summed E-state index contributed by atoms with van der Waals surface area (Å²) in [5, 5.41) is 12.5. The molecule has 5 nitrogen and oxygen atoms in total. The molecule has 0 bridgehead atoms. The molecule has 0 spiro atoms. The maximum absolute atomic E-state index is 12.7. The number of carbonyl (C=O) groups excluding carboxylic acids is 1. The lowest BCUT2D eigenvalue weighted by Crippen LogP contribution is -2.44. The van der Waals surface area contributed by atoms with Crippen LogP contribution in [-0.2, 0) is 0 Å². The first-order chi connectivity index (χ1) is 10.0. The first kappa shape index (κ1) is 15.9. The van der Waals surface area contributed by atoms with Crippen LogP contribution in [0.15, 0.2) is 23.4 Å². The lowest BCUT2D eigenvalue weighted by atomic mass is 10.1. The number of amidine groups is 1. The SMILES string of the molecule is NC(CN(C(=O)c1cc(Cl)cc(Cl)c1)C1CCCC1)=NO. The van der Waals surface area contributed by atoms with Gasteiger partial charge in [0.1, 0.15) is 0 Å². The zero-order valence-corrected chi connectivity index (χ0v) is 12.9. The van der Waals surface area contributed by atoms with Crippen LogP contribution in [0.4, 0.5) is 0 Å². The van der Waals surface area contributed by atoms with Gasteiger partial charge in [0.15, 0.2) is 5.84 Å². The molecule has 21 heavy (non-hydrogen) atoms. The van der Waals surface area contributed by atoms with Gasteiger partial charge in [0, 0.05) is 21.7 Å². The molecule has 1 aromatic carbocycles. The second-order valence-electron chi connectivity index (χ2n) is 5.12. The van der Waals surface area contributed by atoms with Gasteiger partial charge in [0.2, 0.25) is 0 Å². The molecule has 1 aliphatic rings. The molecule has 0 aromatic heterocycles. The van der Waals surface area contributed by atoms with E-state index in [0.717, 1.165) is 25.7 Å². The van der Waals surface area contributed by atoms with E-state index < -0.39 is 0 Å². The normalized spacial score (nSPS) is 16.2. The van der Waals surface area contributed by atoms with Gasteiger partial charge in [0.05, 0.1) is 6.54 Å². The summed E-state index contributed by atoms with van der Waals surface area (Å²) in [5.74, 6) is -0.207. The molecular weight excluding hydrogens is 313 g/mol. The Bertz CT molecular complexity index is 537. The molecule has 2 rings (SSSR count). The third kappa shape index (κ3) is 4.02. The van der Waals surface area contributed by atoms with Crippen LogP contribution >= 0.6 is 23.2 Å². The van der Waals surface area contributed by atoms with Crippen LogP contribution < -0.4 is 5.73 Å². The highest BCUT2D eigenvalue weighted by Gasteiger charge is 2.28. The molecule has 0 heterocycles. The monoisotopic (exact) mass is 329 g/mol. The smallest absolute Gasteiger partial charge is 0.254 e. The largest absolute Gasteiger partial charge is 0.409 e. The van der Waals surface area contributed by atoms with E-state index in [2.05, 4.69) is 5.16 Å². The fourth-order valence-electron chi connectivity index (χ4n) is 2.63. The Hall–Kier alpha value is -1.46. The van der Waals surface area contributed by atoms with Gasteiger partial charge in [-0.3, -0.25) is 4.79 Å². The van der Waals surface area contributed by atoms with Gasteiger partial charge in [-0.2, -0.15) is 0 Å². The van der Waals surface area contributed by atoms with Crippen molar-refractivity contribution in [1.82, 2.24) is 4.90 Å². The molecule has 7 heteroatoms. The maximum atomic E-state index is 12.7. The van der Waals surface area contributed by atoms with Crippen molar-refractivity contribution in [2.45, 2.75) is 31.7 Å². The van der Waals surface area contributed by atoms with E-state index in [4.69, 9.17) is 34.1 Å². The van der Waals surface area contributed by atoms with Crippen molar-refractivity contribution in [1.29, 1.82) is 0 Å². The quantitative estimate of drug-likeness (QED) is 0.385. The topological polar surface area (TPSA) is 78.9 Å². The number of hydrogen-bond donors (Lipinski definition) is 2. The average Bonchev–Trinajstić information content (AvgIpc) is 2.96. The molecule has 1 aliphatic carbocycles. The van der Waals surface area contributed by atoms with E-state index in [1.807, 2.05) is 0 Å². The van der Waals surface area contributed by atoms with Crippen molar-refractivity contribution in [3.05, 3.63) is 33.8 Å². The molecule has 1 amide bonds. The predicted molar refractivity (Wildman–Crippen MR) is 83.2 cm³/mol. The molecule has 114 valence electrons. The van der Waals surface area contributed by atoms with Gasteiger partial charge in [-0.05, 0) is 31.0 Å². The van der Waals surface area contributed by atoms with E-state index >= 15 is 0 Å². The standard InChI is InChI=1S/C14H17Cl2N3O2/c15-10-5-9(6-11(16)7-10)14(20)19(8-13(17)18-21)12-3-1-2-4-12/h5-7,12,21H,1-4,8H2,(H2,17,18). The number of rotatable bonds is 4. The summed E-state index contributed by atoms with van der Waals surface area (Å²) >= 11 is 11.9. The fraction of sp³-hybridized carbons (Fsp3) is 0.429. The van der Waals surface area contributed by atoms with Crippen molar-refractivity contribution in [2.75, 3.05) is 6.54 Å². The Labute approximate surface area is 133 Å². The first-order valence-electron chi connectivity index (χ1n) is 6.74. The lowest BCUT2D eigenvalue weighted by molar-refractivity contribution is 0.0712. The fourth-order valence-corrected chi connectivity index (χ4v) is 3.16. The average molecular weight is 330 g/mol. The van der Waals surface area contributed by atoms with Crippen LogP contribution in [-0.4, -0.2) is 34.4 Å². The van der Waals surface area contributed by atoms with E-state index in [0.29, 0.717) is 15.6 Å². The van der Waals surface area contributed by atoms with Crippen LogP contribution in [0.3, 0.4) is 0 Å². The number of hydrogen-bond acceptors (Lipinski definition) is 3. The van der Waals surface area contributed by atoms with Crippen LogP contribution in [0, 0.1) is 0 Å². The predicted octanol–water partition coefficient (Wildman–Crippen LogP) is 3.12. The summed E-state index contributed by atoms with van der Waals surface area (Å²) in [7, 11) is 0. The van der Waals surface area contributed by atoms with Crippen LogP contribution in [0.25, 0.3) is 0 Å². The van der Waals surface area contributed by atoms with Crippen molar-refractivity contribution < 1.29 is 10.0 Å². The number of oxime groups is 1. The zero-order chi connectivity index (χ0) is 15.4. The summed E-state index contributed by atoms with van der Waals surface area (Å²) in [6.07, 6.45) is 3.97. The van der Waals surface area contributed by atoms with Crippen molar-refractivity contribution in [3.8, 4) is 0 Å². The first-order valence-corrected chi connectivity index (χ1v) is 7.50. The minimum Gasteiger partial charge on any atom is -0.409 e. The van der Waals surface area contributed by atoms with Gasteiger partial charge in [-0.25, -0.2) is 0 Å². The molecule has 1 fully saturated rings. The Morgan fingerprint density at radius 1 is 1.29 bits per heavy atom. The third-order valence-corrected chi connectivity index (χ3v) is 4.03. The number of amides is 1. The summed E-state index contributed by atoms with van der Waals surface area (Å²) in [6, 6.07) is 4.81. The molecule has 3 N–H and O–H groups in total. The molecule has 0 atom stereocenters. The van der Waals surface area contributed by atoms with E-state index in [1.54, 1.807) is 23.1 Å². The molecule has 0 unspecified atom stereocenters. The number of carbonyl (C=O) groups is 1. The van der Waals surface area contributed by atoms with Gasteiger partial charge in [-0.15, -0.1) is 0 Å². The summed E-state index contributed by atoms with van der Waals surface area (Å²) in [6.45, 7) is 0.0874. The summed E-state index contributed by atoms with van der Waals surface area (Å²) < 4.78 is 0. The molecule has 0 radical (unpaired) electrons. The van der Waals surface area contributed by atoms with Gasteiger partial charge >= 0.3 is 0 Å². The summed E-state index contributed by atoms with van der Waals surface area (Å²) in [4.78, 5) is 14.3. The van der Waals surface area contributed by atoms with Crippen LogP contribution in [0.1, 0.15) is 36.0 Å². The van der Waals surface area contributed by atoms with Gasteiger partial charge < -0.3 is 15.8 Å². The van der Waals surface area contributed by atoms with Crippen LogP contribution in [0.2, 0.25) is 10.0 Å². The minimum absolute atomic E-state index is 0.00313. The number of benzene rings is 1. The number of nitrogens with two attached hydrogens (primary N) is 1. The molecule has 0 saturated heterocycles. The van der Waals surface area contributed by atoms with Gasteiger partial charge in [-0.1, -0.05) is 41.2 Å². The van der Waals surface area contributed by atoms with Gasteiger partial charge in [0.25, 0.3) is 5.91 Å². The molecular formula is C14H17Cl2N3O2. The molecule has 1 aromatic rings. The Kier molecular flexibility index (Phi) is 5.31. The van der Waals surface area contributed by atoms with Crippen LogP contribution in [0.5, 0.6) is 0 Å². The summed E-state index contributed by atoms with van der Waals surface area (Å²) in [5.41, 5.74) is 5.98. The zero-order valence-electron chi connectivity index (χ0n) is 11.4. The van der Waals surface area contributed by atoms with Crippen molar-refractivity contribution in [3.63, 3.8) is 0 Å². The molecule has 0 aliphatic heterocycles. The van der Waals surface area contributed by atoms with Crippen molar-refractivity contribution in [2.24, 2.45) is 10.9 Å². The third-order valence-electron chi connectivity index (χ3n) is 3.60. The highest BCUT2D eigenvalue weighted by Crippen LogP contribution is 2.26.